The largest absolute Gasteiger partial charge is 0.360 e. The normalized spacial score (nSPS) is 17.1. The van der Waals surface area contributed by atoms with Crippen LogP contribution in [-0.4, -0.2) is 41.1 Å². The Balaban J connectivity index is 1.75. The van der Waals surface area contributed by atoms with Gasteiger partial charge in [-0.25, -0.2) is 8.42 Å². The SMILES string of the molecule is Cc1noc(C)c1S(=O)(=O)N1CC(c2nc(C(C)C)no2)C1. The van der Waals surface area contributed by atoms with E-state index in [4.69, 9.17) is 9.05 Å². The van der Waals surface area contributed by atoms with Crippen LogP contribution in [0.1, 0.15) is 48.9 Å². The van der Waals surface area contributed by atoms with Gasteiger partial charge in [-0.2, -0.15) is 9.29 Å². The van der Waals surface area contributed by atoms with Gasteiger partial charge in [0.2, 0.25) is 15.9 Å². The van der Waals surface area contributed by atoms with Crippen LogP contribution in [-0.2, 0) is 10.0 Å². The summed E-state index contributed by atoms with van der Waals surface area (Å²) in [4.78, 5) is 4.47. The van der Waals surface area contributed by atoms with Gasteiger partial charge in [0.25, 0.3) is 0 Å². The third-order valence-corrected chi connectivity index (χ3v) is 5.81. The number of sulfonamides is 1. The lowest BCUT2D eigenvalue weighted by molar-refractivity contribution is 0.216. The Morgan fingerprint density at radius 2 is 1.86 bits per heavy atom. The molecular formula is C13H18N4O4S. The van der Waals surface area contributed by atoms with Gasteiger partial charge in [-0.3, -0.25) is 0 Å². The van der Waals surface area contributed by atoms with Gasteiger partial charge < -0.3 is 9.05 Å². The van der Waals surface area contributed by atoms with Crippen LogP contribution >= 0.6 is 0 Å². The average molecular weight is 326 g/mol. The highest BCUT2D eigenvalue weighted by Gasteiger charge is 2.42. The predicted molar refractivity (Wildman–Crippen MR) is 75.9 cm³/mol. The molecule has 1 saturated heterocycles. The maximum atomic E-state index is 12.6. The Morgan fingerprint density at radius 3 is 2.36 bits per heavy atom. The van der Waals surface area contributed by atoms with Gasteiger partial charge in [-0.1, -0.05) is 24.2 Å². The van der Waals surface area contributed by atoms with Gasteiger partial charge in [0.1, 0.15) is 10.6 Å². The van der Waals surface area contributed by atoms with Gasteiger partial charge >= 0.3 is 0 Å². The first-order chi connectivity index (χ1) is 10.3. The van der Waals surface area contributed by atoms with Crippen LogP contribution < -0.4 is 0 Å². The fourth-order valence-corrected chi connectivity index (χ4v) is 4.23. The Labute approximate surface area is 128 Å². The smallest absolute Gasteiger partial charge is 0.248 e. The molecule has 3 heterocycles. The molecule has 1 aliphatic rings. The molecule has 0 bridgehead atoms. The maximum Gasteiger partial charge on any atom is 0.248 e. The van der Waals surface area contributed by atoms with Crippen molar-refractivity contribution < 1.29 is 17.5 Å². The second-order valence-corrected chi connectivity index (χ2v) is 7.69. The quantitative estimate of drug-likeness (QED) is 0.840. The molecule has 0 unspecified atom stereocenters. The summed E-state index contributed by atoms with van der Waals surface area (Å²) in [6, 6.07) is 0. The molecule has 3 rings (SSSR count). The van der Waals surface area contributed by atoms with Crippen molar-refractivity contribution in [2.24, 2.45) is 0 Å². The molecular weight excluding hydrogens is 308 g/mol. The molecule has 9 heteroatoms. The molecule has 0 amide bonds. The van der Waals surface area contributed by atoms with Crippen LogP contribution in [0.3, 0.4) is 0 Å². The Bertz CT molecular complexity index is 767. The number of aryl methyl sites for hydroxylation is 2. The van der Waals surface area contributed by atoms with Gasteiger partial charge in [0, 0.05) is 19.0 Å². The molecule has 0 spiro atoms. The topological polar surface area (TPSA) is 102 Å². The van der Waals surface area contributed by atoms with Crippen molar-refractivity contribution in [1.29, 1.82) is 0 Å². The van der Waals surface area contributed by atoms with Gasteiger partial charge in [-0.05, 0) is 13.8 Å². The highest BCUT2D eigenvalue weighted by atomic mass is 32.2. The molecule has 0 aliphatic carbocycles. The van der Waals surface area contributed by atoms with Crippen molar-refractivity contribution in [2.75, 3.05) is 13.1 Å². The Morgan fingerprint density at radius 1 is 1.18 bits per heavy atom. The molecule has 22 heavy (non-hydrogen) atoms. The van der Waals surface area contributed by atoms with E-state index >= 15 is 0 Å². The second-order valence-electron chi connectivity index (χ2n) is 5.82. The molecule has 0 N–H and O–H groups in total. The molecule has 2 aromatic rings. The van der Waals surface area contributed by atoms with Crippen LogP contribution in [0.4, 0.5) is 0 Å². The summed E-state index contributed by atoms with van der Waals surface area (Å²) >= 11 is 0. The molecule has 1 fully saturated rings. The average Bonchev–Trinajstić information content (AvgIpc) is 2.95. The number of hydrogen-bond acceptors (Lipinski definition) is 7. The third kappa shape index (κ3) is 2.34. The molecule has 0 radical (unpaired) electrons. The third-order valence-electron chi connectivity index (χ3n) is 3.74. The first kappa shape index (κ1) is 15.2. The fourth-order valence-electron chi connectivity index (χ4n) is 2.41. The zero-order chi connectivity index (χ0) is 16.1. The first-order valence-corrected chi connectivity index (χ1v) is 8.51. The minimum absolute atomic E-state index is 0.0600. The molecule has 2 aromatic heterocycles. The minimum Gasteiger partial charge on any atom is -0.360 e. The monoisotopic (exact) mass is 326 g/mol. The van der Waals surface area contributed by atoms with Crippen molar-refractivity contribution in [3.05, 3.63) is 23.2 Å². The van der Waals surface area contributed by atoms with Crippen molar-refractivity contribution in [2.45, 2.75) is 44.4 Å². The number of nitrogens with zero attached hydrogens (tertiary/aromatic N) is 4. The predicted octanol–water partition coefficient (Wildman–Crippen LogP) is 1.59. The summed E-state index contributed by atoms with van der Waals surface area (Å²) in [5.74, 6) is 1.56. The minimum atomic E-state index is -3.58. The number of rotatable bonds is 4. The molecule has 8 nitrogen and oxygen atoms in total. The zero-order valence-electron chi connectivity index (χ0n) is 12.9. The molecule has 0 saturated carbocycles. The van der Waals surface area contributed by atoms with Gasteiger partial charge in [0.05, 0.1) is 5.92 Å². The van der Waals surface area contributed by atoms with Crippen LogP contribution in [0.2, 0.25) is 0 Å². The molecule has 0 aromatic carbocycles. The van der Waals surface area contributed by atoms with E-state index in [9.17, 15) is 8.42 Å². The van der Waals surface area contributed by atoms with Crippen LogP contribution in [0.25, 0.3) is 0 Å². The summed E-state index contributed by atoms with van der Waals surface area (Å²) in [7, 11) is -3.58. The Hall–Kier alpha value is -1.74. The summed E-state index contributed by atoms with van der Waals surface area (Å²) in [5.41, 5.74) is 0.376. The lowest BCUT2D eigenvalue weighted by atomic mass is 10.0. The summed E-state index contributed by atoms with van der Waals surface area (Å²) < 4.78 is 36.7. The number of aromatic nitrogens is 3. The first-order valence-electron chi connectivity index (χ1n) is 7.07. The lowest BCUT2D eigenvalue weighted by Crippen LogP contribution is -2.48. The summed E-state index contributed by atoms with van der Waals surface area (Å²) in [5, 5.41) is 7.61. The standard InChI is InChI=1S/C13H18N4O4S/c1-7(2)12-14-13(21-16-12)10-5-17(6-10)22(18,19)11-8(3)15-20-9(11)4/h7,10H,5-6H2,1-4H3. The summed E-state index contributed by atoms with van der Waals surface area (Å²) in [6.45, 7) is 7.82. The second kappa shape index (κ2) is 5.17. The highest BCUT2D eigenvalue weighted by Crippen LogP contribution is 2.33. The number of hydrogen-bond donors (Lipinski definition) is 0. The van der Waals surface area contributed by atoms with E-state index in [0.717, 1.165) is 0 Å². The lowest BCUT2D eigenvalue weighted by Gasteiger charge is -2.35. The van der Waals surface area contributed by atoms with E-state index < -0.39 is 10.0 Å². The Kier molecular flexibility index (Phi) is 3.56. The van der Waals surface area contributed by atoms with E-state index in [1.165, 1.54) is 4.31 Å². The van der Waals surface area contributed by atoms with E-state index in [-0.39, 0.29) is 16.7 Å². The van der Waals surface area contributed by atoms with Gasteiger partial charge in [-0.15, -0.1) is 0 Å². The van der Waals surface area contributed by atoms with Crippen molar-refractivity contribution in [1.82, 2.24) is 19.6 Å². The van der Waals surface area contributed by atoms with Crippen LogP contribution in [0, 0.1) is 13.8 Å². The highest BCUT2D eigenvalue weighted by molar-refractivity contribution is 7.89. The van der Waals surface area contributed by atoms with Crippen molar-refractivity contribution in [3.63, 3.8) is 0 Å². The molecule has 1 aliphatic heterocycles. The fraction of sp³-hybridized carbons (Fsp3) is 0.615. The van der Waals surface area contributed by atoms with Crippen LogP contribution in [0.5, 0.6) is 0 Å². The molecule has 120 valence electrons. The van der Waals surface area contributed by atoms with E-state index in [2.05, 4.69) is 15.3 Å². The maximum absolute atomic E-state index is 12.6. The van der Waals surface area contributed by atoms with Crippen LogP contribution in [0.15, 0.2) is 13.9 Å². The van der Waals surface area contributed by atoms with E-state index in [0.29, 0.717) is 36.3 Å². The zero-order valence-corrected chi connectivity index (χ0v) is 13.7. The molecule has 0 atom stereocenters. The van der Waals surface area contributed by atoms with E-state index in [1.54, 1.807) is 13.8 Å². The van der Waals surface area contributed by atoms with Gasteiger partial charge in [0.15, 0.2) is 11.6 Å². The summed E-state index contributed by atoms with van der Waals surface area (Å²) in [6.07, 6.45) is 0. The van der Waals surface area contributed by atoms with E-state index in [1.807, 2.05) is 13.8 Å². The van der Waals surface area contributed by atoms with Crippen molar-refractivity contribution in [3.8, 4) is 0 Å². The van der Waals surface area contributed by atoms with Crippen molar-refractivity contribution >= 4 is 10.0 Å².